The van der Waals surface area contributed by atoms with E-state index in [1.165, 1.54) is 12.1 Å². The maximum absolute atomic E-state index is 14.0. The van der Waals surface area contributed by atoms with E-state index in [-0.39, 0.29) is 10.7 Å². The minimum Gasteiger partial charge on any atom is -0.225 e. The van der Waals surface area contributed by atoms with Crippen molar-refractivity contribution in [3.8, 4) is 22.3 Å². The van der Waals surface area contributed by atoms with Gasteiger partial charge in [0.2, 0.25) is 10.0 Å². The lowest BCUT2D eigenvalue weighted by molar-refractivity contribution is 0.598. The number of primary sulfonamides is 1. The van der Waals surface area contributed by atoms with Gasteiger partial charge in [0.1, 0.15) is 5.82 Å². The molecule has 0 spiro atoms. The number of sulfonamides is 1. The molecule has 0 saturated carbocycles. The van der Waals surface area contributed by atoms with E-state index in [4.69, 9.17) is 5.14 Å². The number of benzene rings is 3. The van der Waals surface area contributed by atoms with Crippen LogP contribution in [0.5, 0.6) is 0 Å². The molecule has 122 valence electrons. The van der Waals surface area contributed by atoms with Crippen molar-refractivity contribution in [3.05, 3.63) is 78.1 Å². The SMILES string of the molecule is Cc1ccc(-c2ccccc2-c2ccccc2S(N)(=O)=O)cc1F. The third-order valence-corrected chi connectivity index (χ3v) is 4.86. The molecule has 3 nitrogen and oxygen atoms in total. The van der Waals surface area contributed by atoms with E-state index < -0.39 is 10.0 Å². The van der Waals surface area contributed by atoms with Crippen molar-refractivity contribution in [1.29, 1.82) is 0 Å². The molecule has 2 N–H and O–H groups in total. The van der Waals surface area contributed by atoms with Gasteiger partial charge in [-0.25, -0.2) is 17.9 Å². The Balaban J connectivity index is 2.27. The summed E-state index contributed by atoms with van der Waals surface area (Å²) in [6.45, 7) is 1.70. The van der Waals surface area contributed by atoms with Crippen molar-refractivity contribution < 1.29 is 12.8 Å². The van der Waals surface area contributed by atoms with Crippen LogP contribution in [-0.4, -0.2) is 8.42 Å². The van der Waals surface area contributed by atoms with E-state index in [0.717, 1.165) is 5.56 Å². The third kappa shape index (κ3) is 3.09. The topological polar surface area (TPSA) is 60.2 Å². The summed E-state index contributed by atoms with van der Waals surface area (Å²) in [7, 11) is -3.87. The van der Waals surface area contributed by atoms with Crippen LogP contribution >= 0.6 is 0 Å². The van der Waals surface area contributed by atoms with Crippen LogP contribution in [0, 0.1) is 12.7 Å². The van der Waals surface area contributed by atoms with Crippen LogP contribution < -0.4 is 5.14 Å². The van der Waals surface area contributed by atoms with Crippen LogP contribution in [0.2, 0.25) is 0 Å². The molecule has 0 fully saturated rings. The molecular formula is C19H16FNO2S. The second kappa shape index (κ2) is 6.19. The Hall–Kier alpha value is -2.50. The summed E-state index contributed by atoms with van der Waals surface area (Å²) in [5.41, 5.74) is 3.16. The zero-order valence-corrected chi connectivity index (χ0v) is 13.8. The molecule has 3 aromatic rings. The van der Waals surface area contributed by atoms with E-state index in [1.807, 2.05) is 24.3 Å². The first kappa shape index (κ1) is 16.4. The van der Waals surface area contributed by atoms with Gasteiger partial charge in [0.05, 0.1) is 4.90 Å². The molecular weight excluding hydrogens is 325 g/mol. The molecule has 0 aromatic heterocycles. The Kier molecular flexibility index (Phi) is 4.22. The summed E-state index contributed by atoms with van der Waals surface area (Å²) < 4.78 is 37.7. The summed E-state index contributed by atoms with van der Waals surface area (Å²) in [4.78, 5) is 0.0463. The van der Waals surface area contributed by atoms with Crippen molar-refractivity contribution >= 4 is 10.0 Å². The van der Waals surface area contributed by atoms with Gasteiger partial charge in [-0.15, -0.1) is 0 Å². The fraction of sp³-hybridized carbons (Fsp3) is 0.0526. The lowest BCUT2D eigenvalue weighted by Crippen LogP contribution is -2.13. The molecule has 0 aliphatic carbocycles. The van der Waals surface area contributed by atoms with Crippen LogP contribution in [0.15, 0.2) is 71.6 Å². The minimum atomic E-state index is -3.87. The lowest BCUT2D eigenvalue weighted by atomic mass is 9.94. The fourth-order valence-electron chi connectivity index (χ4n) is 2.67. The average molecular weight is 341 g/mol. The molecule has 0 amide bonds. The van der Waals surface area contributed by atoms with Gasteiger partial charge in [0, 0.05) is 5.56 Å². The number of hydrogen-bond donors (Lipinski definition) is 1. The number of aryl methyl sites for hydroxylation is 1. The van der Waals surface area contributed by atoms with Crippen molar-refractivity contribution in [3.63, 3.8) is 0 Å². The molecule has 0 heterocycles. The Morgan fingerprint density at radius 2 is 1.42 bits per heavy atom. The zero-order chi connectivity index (χ0) is 17.3. The van der Waals surface area contributed by atoms with Gasteiger partial charge in [-0.05, 0) is 41.3 Å². The molecule has 24 heavy (non-hydrogen) atoms. The predicted molar refractivity (Wildman–Crippen MR) is 93.4 cm³/mol. The first-order valence-corrected chi connectivity index (χ1v) is 8.90. The van der Waals surface area contributed by atoms with Crippen LogP contribution in [0.4, 0.5) is 4.39 Å². The molecule has 3 rings (SSSR count). The first-order valence-electron chi connectivity index (χ1n) is 7.35. The standard InChI is InChI=1S/C19H16FNO2S/c1-13-10-11-14(12-18(13)20)15-6-2-3-7-16(15)17-8-4-5-9-19(17)24(21,22)23/h2-12H,1H3,(H2,21,22,23). The van der Waals surface area contributed by atoms with Crippen LogP contribution in [-0.2, 0) is 10.0 Å². The smallest absolute Gasteiger partial charge is 0.225 e. The Morgan fingerprint density at radius 1 is 0.833 bits per heavy atom. The molecule has 0 unspecified atom stereocenters. The summed E-state index contributed by atoms with van der Waals surface area (Å²) in [6, 6.07) is 18.8. The second-order valence-corrected chi connectivity index (χ2v) is 7.08. The van der Waals surface area contributed by atoms with Gasteiger partial charge < -0.3 is 0 Å². The highest BCUT2D eigenvalue weighted by Crippen LogP contribution is 2.35. The maximum atomic E-state index is 14.0. The number of hydrogen-bond acceptors (Lipinski definition) is 2. The van der Waals surface area contributed by atoms with Crippen molar-refractivity contribution in [2.45, 2.75) is 11.8 Å². The lowest BCUT2D eigenvalue weighted by Gasteiger charge is -2.13. The van der Waals surface area contributed by atoms with Gasteiger partial charge in [-0.3, -0.25) is 0 Å². The van der Waals surface area contributed by atoms with Gasteiger partial charge >= 0.3 is 0 Å². The van der Waals surface area contributed by atoms with Gasteiger partial charge in [-0.2, -0.15) is 0 Å². The quantitative estimate of drug-likeness (QED) is 0.779. The highest BCUT2D eigenvalue weighted by Gasteiger charge is 2.17. The monoisotopic (exact) mass is 341 g/mol. The molecule has 0 saturated heterocycles. The summed E-state index contributed by atoms with van der Waals surface area (Å²) in [6.07, 6.45) is 0. The van der Waals surface area contributed by atoms with Crippen molar-refractivity contribution in [2.24, 2.45) is 5.14 Å². The van der Waals surface area contributed by atoms with Crippen LogP contribution in [0.3, 0.4) is 0 Å². The summed E-state index contributed by atoms with van der Waals surface area (Å²) in [5.74, 6) is -0.304. The number of halogens is 1. The van der Waals surface area contributed by atoms with Crippen LogP contribution in [0.25, 0.3) is 22.3 Å². The molecule has 0 aliphatic rings. The van der Waals surface area contributed by atoms with Gasteiger partial charge in [0.25, 0.3) is 0 Å². The zero-order valence-electron chi connectivity index (χ0n) is 13.0. The van der Waals surface area contributed by atoms with E-state index >= 15 is 0 Å². The highest BCUT2D eigenvalue weighted by atomic mass is 32.2. The first-order chi connectivity index (χ1) is 11.4. The van der Waals surface area contributed by atoms with Gasteiger partial charge in [0.15, 0.2) is 0 Å². The Morgan fingerprint density at radius 3 is 2.04 bits per heavy atom. The van der Waals surface area contributed by atoms with E-state index in [1.54, 1.807) is 37.3 Å². The summed E-state index contributed by atoms with van der Waals surface area (Å²) in [5, 5.41) is 5.34. The maximum Gasteiger partial charge on any atom is 0.238 e. The summed E-state index contributed by atoms with van der Waals surface area (Å²) >= 11 is 0. The molecule has 0 atom stereocenters. The Bertz CT molecular complexity index is 1010. The van der Waals surface area contributed by atoms with Crippen molar-refractivity contribution in [1.82, 2.24) is 0 Å². The Labute approximate surface area is 140 Å². The number of nitrogens with two attached hydrogens (primary N) is 1. The largest absolute Gasteiger partial charge is 0.238 e. The van der Waals surface area contributed by atoms with Crippen molar-refractivity contribution in [2.75, 3.05) is 0 Å². The second-order valence-electron chi connectivity index (χ2n) is 5.55. The normalized spacial score (nSPS) is 11.5. The fourth-order valence-corrected chi connectivity index (χ4v) is 3.42. The predicted octanol–water partition coefficient (Wildman–Crippen LogP) is 4.12. The molecule has 0 aliphatic heterocycles. The molecule has 0 radical (unpaired) electrons. The number of rotatable bonds is 3. The molecule has 5 heteroatoms. The van der Waals surface area contributed by atoms with Gasteiger partial charge in [-0.1, -0.05) is 54.6 Å². The van der Waals surface area contributed by atoms with Crippen LogP contribution in [0.1, 0.15) is 5.56 Å². The molecule has 3 aromatic carbocycles. The highest BCUT2D eigenvalue weighted by molar-refractivity contribution is 7.89. The minimum absolute atomic E-state index is 0.0463. The van der Waals surface area contributed by atoms with E-state index in [2.05, 4.69) is 0 Å². The van der Waals surface area contributed by atoms with E-state index in [9.17, 15) is 12.8 Å². The third-order valence-electron chi connectivity index (χ3n) is 3.89. The molecule has 0 bridgehead atoms. The van der Waals surface area contributed by atoms with E-state index in [0.29, 0.717) is 22.3 Å². The average Bonchev–Trinajstić information content (AvgIpc) is 2.57.